The zero-order valence-corrected chi connectivity index (χ0v) is 14.5. The lowest BCUT2D eigenvalue weighted by atomic mass is 9.85. The molecule has 2 amide bonds. The highest BCUT2D eigenvalue weighted by atomic mass is 16.5. The minimum atomic E-state index is -0.362. The van der Waals surface area contributed by atoms with Crippen molar-refractivity contribution in [3.05, 3.63) is 60.0 Å². The lowest BCUT2D eigenvalue weighted by Gasteiger charge is -2.20. The lowest BCUT2D eigenvalue weighted by Crippen LogP contribution is -2.19. The van der Waals surface area contributed by atoms with Gasteiger partial charge in [-0.15, -0.1) is 0 Å². The average molecular weight is 359 g/mol. The molecule has 134 valence electrons. The zero-order chi connectivity index (χ0) is 18.6. The molecule has 3 aromatic rings. The summed E-state index contributed by atoms with van der Waals surface area (Å²) < 4.78 is 5.34. The Hall–Kier alpha value is -3.66. The molecule has 1 aromatic heterocycles. The number of benzene rings is 2. The van der Waals surface area contributed by atoms with Gasteiger partial charge in [0.25, 0.3) is 0 Å². The van der Waals surface area contributed by atoms with Gasteiger partial charge in [-0.1, -0.05) is 11.6 Å². The van der Waals surface area contributed by atoms with Crippen LogP contribution in [0.2, 0.25) is 0 Å². The third kappa shape index (κ3) is 3.80. The van der Waals surface area contributed by atoms with Crippen molar-refractivity contribution in [3.63, 3.8) is 0 Å². The Morgan fingerprint density at radius 3 is 2.22 bits per heavy atom. The largest absolute Gasteiger partial charge is 0.339 e. The number of carbonyl (C=O) groups excluding carboxylic acids is 1. The van der Waals surface area contributed by atoms with Crippen LogP contribution in [-0.2, 0) is 0 Å². The molecule has 0 radical (unpaired) electrons. The topological polar surface area (TPSA) is 104 Å². The van der Waals surface area contributed by atoms with Crippen LogP contribution in [0.4, 0.5) is 16.2 Å². The summed E-state index contributed by atoms with van der Waals surface area (Å²) >= 11 is 0. The molecule has 0 spiro atoms. The van der Waals surface area contributed by atoms with Crippen LogP contribution in [0.15, 0.2) is 53.1 Å². The van der Waals surface area contributed by atoms with Crippen LogP contribution in [0, 0.1) is 11.3 Å². The van der Waals surface area contributed by atoms with E-state index in [2.05, 4.69) is 20.8 Å². The van der Waals surface area contributed by atoms with E-state index in [1.54, 1.807) is 36.4 Å². The molecule has 0 bridgehead atoms. The Labute approximate surface area is 156 Å². The number of hydrogen-bond donors (Lipinski definition) is 2. The Bertz CT molecular complexity index is 982. The number of nitrogens with one attached hydrogen (secondary N) is 2. The highest BCUT2D eigenvalue weighted by Gasteiger charge is 2.25. The van der Waals surface area contributed by atoms with Crippen LogP contribution in [0.1, 0.15) is 36.6 Å². The molecule has 0 saturated heterocycles. The van der Waals surface area contributed by atoms with Gasteiger partial charge in [0.15, 0.2) is 0 Å². The highest BCUT2D eigenvalue weighted by Crippen LogP contribution is 2.36. The first-order valence-corrected chi connectivity index (χ1v) is 8.73. The van der Waals surface area contributed by atoms with E-state index < -0.39 is 0 Å². The third-order valence-electron chi connectivity index (χ3n) is 4.57. The molecule has 7 heteroatoms. The van der Waals surface area contributed by atoms with Gasteiger partial charge in [0.1, 0.15) is 0 Å². The number of carbonyl (C=O) groups is 1. The second-order valence-electron chi connectivity index (χ2n) is 6.43. The maximum absolute atomic E-state index is 12.1. The molecule has 27 heavy (non-hydrogen) atoms. The Morgan fingerprint density at radius 2 is 1.67 bits per heavy atom. The Morgan fingerprint density at radius 1 is 1.04 bits per heavy atom. The molecule has 1 heterocycles. The van der Waals surface area contributed by atoms with Crippen LogP contribution in [-0.4, -0.2) is 16.2 Å². The van der Waals surface area contributed by atoms with E-state index in [1.165, 1.54) is 6.42 Å². The molecule has 1 aliphatic carbocycles. The number of anilines is 2. The average Bonchev–Trinajstić information content (AvgIpc) is 3.11. The monoisotopic (exact) mass is 359 g/mol. The number of nitriles is 1. The van der Waals surface area contributed by atoms with E-state index in [9.17, 15) is 4.79 Å². The fourth-order valence-electron chi connectivity index (χ4n) is 2.80. The van der Waals surface area contributed by atoms with Crippen molar-refractivity contribution in [1.82, 2.24) is 10.1 Å². The summed E-state index contributed by atoms with van der Waals surface area (Å²) in [6.07, 6.45) is 3.44. The first kappa shape index (κ1) is 16.8. The number of aromatic nitrogens is 2. The number of amides is 2. The standard InChI is InChI=1S/C20H17N5O2/c21-12-13-4-8-16(9-5-13)22-20(26)23-17-10-6-14(7-11-17)18-24-19(27-25-18)15-2-1-3-15/h4-11,15H,1-3H2,(H2,22,23,26). The van der Waals surface area contributed by atoms with Crippen LogP contribution in [0.3, 0.4) is 0 Å². The zero-order valence-electron chi connectivity index (χ0n) is 14.5. The fourth-order valence-corrected chi connectivity index (χ4v) is 2.80. The highest BCUT2D eigenvalue weighted by molar-refractivity contribution is 5.99. The summed E-state index contributed by atoms with van der Waals surface area (Å²) in [4.78, 5) is 16.5. The van der Waals surface area contributed by atoms with Gasteiger partial charge in [0, 0.05) is 22.9 Å². The lowest BCUT2D eigenvalue weighted by molar-refractivity contribution is 0.262. The van der Waals surface area contributed by atoms with Gasteiger partial charge in [-0.25, -0.2) is 4.79 Å². The predicted octanol–water partition coefficient (Wildman–Crippen LogP) is 4.52. The maximum atomic E-state index is 12.1. The summed E-state index contributed by atoms with van der Waals surface area (Å²) in [6.45, 7) is 0. The normalized spacial score (nSPS) is 13.4. The van der Waals surface area contributed by atoms with Crippen molar-refractivity contribution in [2.24, 2.45) is 0 Å². The van der Waals surface area contributed by atoms with Crippen LogP contribution in [0.5, 0.6) is 0 Å². The minimum Gasteiger partial charge on any atom is -0.339 e. The smallest absolute Gasteiger partial charge is 0.323 e. The van der Waals surface area contributed by atoms with Crippen molar-refractivity contribution < 1.29 is 9.32 Å². The van der Waals surface area contributed by atoms with Crippen molar-refractivity contribution in [2.75, 3.05) is 10.6 Å². The molecule has 7 nitrogen and oxygen atoms in total. The Balaban J connectivity index is 1.37. The van der Waals surface area contributed by atoms with Crippen molar-refractivity contribution in [3.8, 4) is 17.5 Å². The van der Waals surface area contributed by atoms with Crippen molar-refractivity contribution >= 4 is 17.4 Å². The van der Waals surface area contributed by atoms with Gasteiger partial charge in [0.2, 0.25) is 11.7 Å². The minimum absolute atomic E-state index is 0.362. The molecule has 2 aromatic carbocycles. The maximum Gasteiger partial charge on any atom is 0.323 e. The van der Waals surface area contributed by atoms with Crippen molar-refractivity contribution in [1.29, 1.82) is 5.26 Å². The van der Waals surface area contributed by atoms with Gasteiger partial charge in [-0.05, 0) is 61.4 Å². The molecular formula is C20H17N5O2. The number of hydrogen-bond acceptors (Lipinski definition) is 5. The van der Waals surface area contributed by atoms with Gasteiger partial charge in [0.05, 0.1) is 11.6 Å². The van der Waals surface area contributed by atoms with Gasteiger partial charge >= 0.3 is 6.03 Å². The Kier molecular flexibility index (Phi) is 4.54. The van der Waals surface area contributed by atoms with Gasteiger partial charge < -0.3 is 15.2 Å². The summed E-state index contributed by atoms with van der Waals surface area (Å²) in [6, 6.07) is 15.6. The summed E-state index contributed by atoms with van der Waals surface area (Å²) in [5.74, 6) is 1.67. The van der Waals surface area contributed by atoms with E-state index in [-0.39, 0.29) is 6.03 Å². The summed E-state index contributed by atoms with van der Waals surface area (Å²) in [5.41, 5.74) is 2.63. The van der Waals surface area contributed by atoms with Gasteiger partial charge in [-0.2, -0.15) is 10.2 Å². The molecule has 1 saturated carbocycles. The number of rotatable bonds is 4. The molecule has 2 N–H and O–H groups in total. The number of nitrogens with zero attached hydrogens (tertiary/aromatic N) is 3. The summed E-state index contributed by atoms with van der Waals surface area (Å²) in [5, 5.41) is 18.3. The van der Waals surface area contributed by atoms with E-state index in [4.69, 9.17) is 9.78 Å². The van der Waals surface area contributed by atoms with E-state index in [0.29, 0.717) is 34.6 Å². The van der Waals surface area contributed by atoms with Crippen LogP contribution >= 0.6 is 0 Å². The van der Waals surface area contributed by atoms with Gasteiger partial charge in [-0.3, -0.25) is 0 Å². The molecule has 0 unspecified atom stereocenters. The third-order valence-corrected chi connectivity index (χ3v) is 4.57. The predicted molar refractivity (Wildman–Crippen MR) is 100 cm³/mol. The van der Waals surface area contributed by atoms with Crippen LogP contribution < -0.4 is 10.6 Å². The first-order valence-electron chi connectivity index (χ1n) is 8.73. The summed E-state index contributed by atoms with van der Waals surface area (Å²) in [7, 11) is 0. The second kappa shape index (κ2) is 7.30. The molecular weight excluding hydrogens is 342 g/mol. The van der Waals surface area contributed by atoms with E-state index >= 15 is 0 Å². The first-order chi connectivity index (χ1) is 13.2. The number of urea groups is 1. The van der Waals surface area contributed by atoms with E-state index in [0.717, 1.165) is 18.4 Å². The second-order valence-corrected chi connectivity index (χ2v) is 6.43. The van der Waals surface area contributed by atoms with E-state index in [1.807, 2.05) is 18.2 Å². The molecule has 4 rings (SSSR count). The molecule has 0 atom stereocenters. The fraction of sp³-hybridized carbons (Fsp3) is 0.200. The molecule has 0 aliphatic heterocycles. The molecule has 1 fully saturated rings. The quantitative estimate of drug-likeness (QED) is 0.713. The molecule has 1 aliphatic rings. The SMILES string of the molecule is N#Cc1ccc(NC(=O)Nc2ccc(-c3noc(C4CCC4)n3)cc2)cc1. The van der Waals surface area contributed by atoms with Crippen LogP contribution in [0.25, 0.3) is 11.4 Å². The van der Waals surface area contributed by atoms with Crippen molar-refractivity contribution in [2.45, 2.75) is 25.2 Å².